The minimum absolute atomic E-state index is 0.0954. The topological polar surface area (TPSA) is 76.9 Å². The van der Waals surface area contributed by atoms with Crippen molar-refractivity contribution < 1.29 is 4.79 Å². The fourth-order valence-electron chi connectivity index (χ4n) is 2.29. The van der Waals surface area contributed by atoms with Crippen LogP contribution in [0.3, 0.4) is 0 Å². The van der Waals surface area contributed by atoms with E-state index in [-0.39, 0.29) is 18.0 Å². The molecule has 0 aliphatic rings. The van der Waals surface area contributed by atoms with Crippen molar-refractivity contribution in [3.63, 3.8) is 0 Å². The quantitative estimate of drug-likeness (QED) is 0.520. The van der Waals surface area contributed by atoms with Gasteiger partial charge < -0.3 is 5.32 Å². The van der Waals surface area contributed by atoms with Crippen molar-refractivity contribution in [1.29, 1.82) is 0 Å². The predicted molar refractivity (Wildman–Crippen MR) is 105 cm³/mol. The van der Waals surface area contributed by atoms with Crippen LogP contribution in [0.25, 0.3) is 0 Å². The van der Waals surface area contributed by atoms with Crippen molar-refractivity contribution in [3.8, 4) is 0 Å². The van der Waals surface area contributed by atoms with Gasteiger partial charge in [-0.15, -0.1) is 11.3 Å². The second kappa shape index (κ2) is 8.29. The monoisotopic (exact) mass is 386 g/mol. The Hall–Kier alpha value is -2.45. The molecule has 1 N–H and O–H groups in total. The fourth-order valence-corrected chi connectivity index (χ4v) is 4.00. The zero-order chi connectivity index (χ0) is 18.5. The van der Waals surface area contributed by atoms with E-state index in [0.717, 1.165) is 11.3 Å². The summed E-state index contributed by atoms with van der Waals surface area (Å²) in [4.78, 5) is 33.3. The second-order valence-electron chi connectivity index (χ2n) is 5.72. The number of aryl methyl sites for hydroxylation is 2. The molecule has 3 aromatic rings. The van der Waals surface area contributed by atoms with Gasteiger partial charge in [0.05, 0.1) is 5.69 Å². The number of thioether (sulfide) groups is 1. The van der Waals surface area contributed by atoms with Gasteiger partial charge in [-0.05, 0) is 19.4 Å². The van der Waals surface area contributed by atoms with Crippen LogP contribution in [-0.2, 0) is 17.1 Å². The zero-order valence-electron chi connectivity index (χ0n) is 14.4. The summed E-state index contributed by atoms with van der Waals surface area (Å²) in [5.74, 6) is 0.373. The highest BCUT2D eigenvalue weighted by Gasteiger charge is 2.13. The molecule has 2 heterocycles. The SMILES string of the molecule is Cc1csc(NC(=O)Cn2c(SCc3ccccc3)nc(C)cc2=O)n1. The van der Waals surface area contributed by atoms with Crippen LogP contribution in [0, 0.1) is 13.8 Å². The Labute approximate surface area is 159 Å². The molecule has 2 aromatic heterocycles. The Kier molecular flexibility index (Phi) is 5.85. The van der Waals surface area contributed by atoms with Crippen molar-refractivity contribution in [2.45, 2.75) is 31.3 Å². The van der Waals surface area contributed by atoms with E-state index in [2.05, 4.69) is 15.3 Å². The van der Waals surface area contributed by atoms with Gasteiger partial charge in [0.1, 0.15) is 6.54 Å². The van der Waals surface area contributed by atoms with Gasteiger partial charge in [-0.1, -0.05) is 42.1 Å². The molecular formula is C18H18N4O2S2. The number of hydrogen-bond donors (Lipinski definition) is 1. The van der Waals surface area contributed by atoms with Crippen LogP contribution in [0.15, 0.2) is 51.7 Å². The summed E-state index contributed by atoms with van der Waals surface area (Å²) in [6.07, 6.45) is 0. The summed E-state index contributed by atoms with van der Waals surface area (Å²) in [7, 11) is 0. The highest BCUT2D eigenvalue weighted by Crippen LogP contribution is 2.20. The standard InChI is InChI=1S/C18H18N4O2S2/c1-12-8-16(24)22(9-15(23)21-17-19-13(2)10-25-17)18(20-12)26-11-14-6-4-3-5-7-14/h3-8,10H,9,11H2,1-2H3,(H,19,21,23). The van der Waals surface area contributed by atoms with E-state index in [1.807, 2.05) is 42.6 Å². The summed E-state index contributed by atoms with van der Waals surface area (Å²) in [5.41, 5.74) is 2.37. The van der Waals surface area contributed by atoms with Crippen molar-refractivity contribution >= 4 is 34.1 Å². The van der Waals surface area contributed by atoms with Crippen LogP contribution in [0.5, 0.6) is 0 Å². The molecular weight excluding hydrogens is 368 g/mol. The van der Waals surface area contributed by atoms with Crippen molar-refractivity contribution in [3.05, 3.63) is 69.1 Å². The smallest absolute Gasteiger partial charge is 0.254 e. The summed E-state index contributed by atoms with van der Waals surface area (Å²) in [5, 5.41) is 5.64. The molecule has 134 valence electrons. The third-order valence-corrected chi connectivity index (χ3v) is 5.40. The average molecular weight is 387 g/mol. The molecule has 0 fully saturated rings. The Bertz CT molecular complexity index is 967. The number of anilines is 1. The Morgan fingerprint density at radius 2 is 1.96 bits per heavy atom. The van der Waals surface area contributed by atoms with E-state index in [1.54, 1.807) is 6.92 Å². The molecule has 0 spiro atoms. The molecule has 0 radical (unpaired) electrons. The average Bonchev–Trinajstić information content (AvgIpc) is 3.01. The van der Waals surface area contributed by atoms with Crippen LogP contribution >= 0.6 is 23.1 Å². The van der Waals surface area contributed by atoms with Gasteiger partial charge in [-0.2, -0.15) is 0 Å². The number of carbonyl (C=O) groups is 1. The van der Waals surface area contributed by atoms with E-state index >= 15 is 0 Å². The lowest BCUT2D eigenvalue weighted by Crippen LogP contribution is -2.29. The molecule has 3 rings (SSSR count). The Balaban J connectivity index is 1.77. The number of aromatic nitrogens is 3. The Morgan fingerprint density at radius 3 is 2.65 bits per heavy atom. The minimum atomic E-state index is -0.298. The number of carbonyl (C=O) groups excluding carboxylic acids is 1. The first kappa shape index (κ1) is 18.3. The van der Waals surface area contributed by atoms with Crippen molar-refractivity contribution in [1.82, 2.24) is 14.5 Å². The number of rotatable bonds is 6. The second-order valence-corrected chi connectivity index (χ2v) is 7.52. The number of amides is 1. The van der Waals surface area contributed by atoms with Gasteiger partial charge in [0.25, 0.3) is 5.56 Å². The summed E-state index contributed by atoms with van der Waals surface area (Å²) < 4.78 is 1.40. The van der Waals surface area contributed by atoms with E-state index in [9.17, 15) is 9.59 Å². The predicted octanol–water partition coefficient (Wildman–Crippen LogP) is 3.25. The van der Waals surface area contributed by atoms with Gasteiger partial charge in [0.2, 0.25) is 5.91 Å². The number of benzene rings is 1. The molecule has 0 bridgehead atoms. The van der Waals surface area contributed by atoms with Crippen LogP contribution in [0.4, 0.5) is 5.13 Å². The number of nitrogens with zero attached hydrogens (tertiary/aromatic N) is 3. The van der Waals surface area contributed by atoms with E-state index in [4.69, 9.17) is 0 Å². The summed E-state index contributed by atoms with van der Waals surface area (Å²) >= 11 is 2.80. The third kappa shape index (κ3) is 4.80. The third-order valence-electron chi connectivity index (χ3n) is 3.48. The maximum Gasteiger partial charge on any atom is 0.254 e. The van der Waals surface area contributed by atoms with E-state index in [0.29, 0.717) is 21.7 Å². The van der Waals surface area contributed by atoms with Crippen LogP contribution in [0.1, 0.15) is 17.0 Å². The van der Waals surface area contributed by atoms with Crippen molar-refractivity contribution in [2.75, 3.05) is 5.32 Å². The molecule has 0 atom stereocenters. The Morgan fingerprint density at radius 1 is 1.19 bits per heavy atom. The highest BCUT2D eigenvalue weighted by molar-refractivity contribution is 7.98. The lowest BCUT2D eigenvalue weighted by molar-refractivity contribution is -0.116. The molecule has 0 aliphatic heterocycles. The van der Waals surface area contributed by atoms with Gasteiger partial charge in [0, 0.05) is 22.9 Å². The molecule has 0 saturated carbocycles. The van der Waals surface area contributed by atoms with Crippen LogP contribution < -0.4 is 10.9 Å². The maximum atomic E-state index is 12.4. The number of thiazole rings is 1. The van der Waals surface area contributed by atoms with Crippen molar-refractivity contribution in [2.24, 2.45) is 0 Å². The normalized spacial score (nSPS) is 10.7. The highest BCUT2D eigenvalue weighted by atomic mass is 32.2. The van der Waals surface area contributed by atoms with E-state index < -0.39 is 0 Å². The first-order chi connectivity index (χ1) is 12.5. The lowest BCUT2D eigenvalue weighted by atomic mass is 10.2. The van der Waals surface area contributed by atoms with Gasteiger partial charge >= 0.3 is 0 Å². The molecule has 26 heavy (non-hydrogen) atoms. The molecule has 0 saturated heterocycles. The molecule has 0 unspecified atom stereocenters. The summed E-state index contributed by atoms with van der Waals surface area (Å²) in [6.45, 7) is 3.54. The zero-order valence-corrected chi connectivity index (χ0v) is 16.1. The van der Waals surface area contributed by atoms with Gasteiger partial charge in [0.15, 0.2) is 10.3 Å². The molecule has 1 amide bonds. The molecule has 1 aromatic carbocycles. The largest absolute Gasteiger partial charge is 0.300 e. The van der Waals surface area contributed by atoms with E-state index in [1.165, 1.54) is 33.7 Å². The molecule has 0 aliphatic carbocycles. The maximum absolute atomic E-state index is 12.4. The van der Waals surface area contributed by atoms with Crippen LogP contribution in [0.2, 0.25) is 0 Å². The van der Waals surface area contributed by atoms with Gasteiger partial charge in [-0.3, -0.25) is 14.2 Å². The number of hydrogen-bond acceptors (Lipinski definition) is 6. The first-order valence-corrected chi connectivity index (χ1v) is 9.85. The minimum Gasteiger partial charge on any atom is -0.300 e. The van der Waals surface area contributed by atoms with Crippen LogP contribution in [-0.4, -0.2) is 20.4 Å². The lowest BCUT2D eigenvalue weighted by Gasteiger charge is -2.12. The first-order valence-electron chi connectivity index (χ1n) is 7.98. The summed E-state index contributed by atoms with van der Waals surface area (Å²) in [6, 6.07) is 11.4. The van der Waals surface area contributed by atoms with Gasteiger partial charge in [-0.25, -0.2) is 9.97 Å². The molecule has 8 heteroatoms. The fraction of sp³-hybridized carbons (Fsp3) is 0.222. The molecule has 6 nitrogen and oxygen atoms in total. The number of nitrogens with one attached hydrogen (secondary N) is 1.